The number of carbonyl (C=O) groups excluding carboxylic acids is 6. The standard InChI is InChI=1S/C49H34N2O8/c1-4-28-22-29(5-2)43(51-45(53)39-21-17-35(26-41(39)47(51)55)49(57)59-37-19-15-31-11-7-9-13-33(31)24-37)27(3)42(28)50-44(52)38-20-16-34(25-40(38)46(50)54)48(56)58-36-18-14-30-10-6-8-12-32(30)23-36/h6-26H,4-5H2,1-3H3. The topological polar surface area (TPSA) is 127 Å². The maximum atomic E-state index is 14.3. The number of hydrogen-bond acceptors (Lipinski definition) is 8. The number of rotatable bonds is 8. The average molecular weight is 779 g/mol. The second-order valence-electron chi connectivity index (χ2n) is 14.4. The third-order valence-corrected chi connectivity index (χ3v) is 11.0. The number of imide groups is 2. The van der Waals surface area contributed by atoms with E-state index in [1.165, 1.54) is 36.4 Å². The molecule has 7 aromatic carbocycles. The molecule has 10 nitrogen and oxygen atoms in total. The Balaban J connectivity index is 1.02. The van der Waals surface area contributed by atoms with Crippen molar-refractivity contribution < 1.29 is 38.2 Å². The van der Waals surface area contributed by atoms with Gasteiger partial charge in [0.25, 0.3) is 23.6 Å². The second kappa shape index (κ2) is 14.3. The van der Waals surface area contributed by atoms with Crippen LogP contribution in [0.5, 0.6) is 11.5 Å². The molecule has 4 amide bonds. The molecule has 0 bridgehead atoms. The molecule has 7 aromatic rings. The number of esters is 2. The maximum absolute atomic E-state index is 14.3. The summed E-state index contributed by atoms with van der Waals surface area (Å²) in [5.41, 5.74) is 2.60. The lowest BCUT2D eigenvalue weighted by Crippen LogP contribution is -2.34. The van der Waals surface area contributed by atoms with Gasteiger partial charge in [-0.25, -0.2) is 19.4 Å². The summed E-state index contributed by atoms with van der Waals surface area (Å²) in [7, 11) is 0. The van der Waals surface area contributed by atoms with Crippen LogP contribution in [0.3, 0.4) is 0 Å². The highest BCUT2D eigenvalue weighted by Crippen LogP contribution is 2.43. The summed E-state index contributed by atoms with van der Waals surface area (Å²) in [5, 5.41) is 3.75. The molecule has 9 rings (SSSR count). The third-order valence-electron chi connectivity index (χ3n) is 11.0. The molecule has 0 atom stereocenters. The van der Waals surface area contributed by atoms with Crippen LogP contribution in [-0.2, 0) is 12.8 Å². The van der Waals surface area contributed by atoms with Crippen molar-refractivity contribution in [3.8, 4) is 11.5 Å². The molecule has 2 heterocycles. The fraction of sp³-hybridized carbons (Fsp3) is 0.102. The summed E-state index contributed by atoms with van der Waals surface area (Å²) in [6.45, 7) is 5.45. The van der Waals surface area contributed by atoms with Gasteiger partial charge in [-0.1, -0.05) is 80.6 Å². The Hall–Kier alpha value is -7.72. The summed E-state index contributed by atoms with van der Waals surface area (Å²) >= 11 is 0. The molecule has 0 fully saturated rings. The van der Waals surface area contributed by atoms with Crippen LogP contribution < -0.4 is 19.3 Å². The van der Waals surface area contributed by atoms with E-state index in [0.29, 0.717) is 41.0 Å². The normalized spacial score (nSPS) is 13.3. The van der Waals surface area contributed by atoms with E-state index in [4.69, 9.17) is 9.47 Å². The van der Waals surface area contributed by atoms with Crippen LogP contribution in [0.25, 0.3) is 21.5 Å². The first-order valence-electron chi connectivity index (χ1n) is 19.2. The quantitative estimate of drug-likeness (QED) is 0.0849. The van der Waals surface area contributed by atoms with Crippen LogP contribution in [-0.4, -0.2) is 35.6 Å². The van der Waals surface area contributed by atoms with Crippen LogP contribution in [0.4, 0.5) is 11.4 Å². The number of nitrogens with zero attached hydrogens (tertiary/aromatic N) is 2. The molecule has 0 aliphatic carbocycles. The summed E-state index contributed by atoms with van der Waals surface area (Å²) in [6, 6.07) is 36.1. The van der Waals surface area contributed by atoms with Gasteiger partial charge < -0.3 is 9.47 Å². The summed E-state index contributed by atoms with van der Waals surface area (Å²) in [4.78, 5) is 85.5. The van der Waals surface area contributed by atoms with E-state index in [0.717, 1.165) is 31.3 Å². The van der Waals surface area contributed by atoms with Gasteiger partial charge in [-0.2, -0.15) is 0 Å². The van der Waals surface area contributed by atoms with Gasteiger partial charge in [0.1, 0.15) is 11.5 Å². The van der Waals surface area contributed by atoms with Crippen molar-refractivity contribution in [1.29, 1.82) is 0 Å². The largest absolute Gasteiger partial charge is 0.423 e. The predicted octanol–water partition coefficient (Wildman–Crippen LogP) is 9.47. The predicted molar refractivity (Wildman–Crippen MR) is 223 cm³/mol. The van der Waals surface area contributed by atoms with Crippen molar-refractivity contribution in [2.45, 2.75) is 33.6 Å². The van der Waals surface area contributed by atoms with Gasteiger partial charge >= 0.3 is 11.9 Å². The monoisotopic (exact) mass is 778 g/mol. The average Bonchev–Trinajstić information content (AvgIpc) is 3.65. The zero-order chi connectivity index (χ0) is 41.1. The first-order chi connectivity index (χ1) is 28.6. The number of anilines is 2. The fourth-order valence-electron chi connectivity index (χ4n) is 8.04. The number of carbonyl (C=O) groups is 6. The minimum Gasteiger partial charge on any atom is -0.423 e. The van der Waals surface area contributed by atoms with E-state index in [-0.39, 0.29) is 44.8 Å². The van der Waals surface area contributed by atoms with Gasteiger partial charge in [0.05, 0.1) is 44.8 Å². The molecule has 2 aliphatic rings. The Bertz CT molecular complexity index is 2820. The smallest absolute Gasteiger partial charge is 0.343 e. The molecule has 0 radical (unpaired) electrons. The van der Waals surface area contributed by atoms with Crippen LogP contribution in [0, 0.1) is 6.92 Å². The number of amides is 4. The maximum Gasteiger partial charge on any atom is 0.343 e. The lowest BCUT2D eigenvalue weighted by Gasteiger charge is -2.27. The van der Waals surface area contributed by atoms with Crippen molar-refractivity contribution >= 4 is 68.5 Å². The van der Waals surface area contributed by atoms with E-state index < -0.39 is 35.6 Å². The number of ether oxygens (including phenoxy) is 2. The molecule has 288 valence electrons. The van der Waals surface area contributed by atoms with Crippen molar-refractivity contribution in [3.05, 3.63) is 177 Å². The van der Waals surface area contributed by atoms with Gasteiger partial charge in [0, 0.05) is 0 Å². The SMILES string of the molecule is CCc1cc(CC)c(N2C(=O)c3ccc(C(=O)Oc4ccc5ccccc5c4)cc3C2=O)c(C)c1N1C(=O)c2ccc(C(=O)Oc3ccc4ccccc4c3)cc2C1=O. The lowest BCUT2D eigenvalue weighted by atomic mass is 9.95. The van der Waals surface area contributed by atoms with Crippen molar-refractivity contribution in [3.63, 3.8) is 0 Å². The highest BCUT2D eigenvalue weighted by atomic mass is 16.5. The Morgan fingerprint density at radius 2 is 0.847 bits per heavy atom. The molecule has 59 heavy (non-hydrogen) atoms. The van der Waals surface area contributed by atoms with Gasteiger partial charge in [0.15, 0.2) is 0 Å². The summed E-state index contributed by atoms with van der Waals surface area (Å²) in [6.07, 6.45) is 0.843. The van der Waals surface area contributed by atoms with E-state index in [9.17, 15) is 28.8 Å². The van der Waals surface area contributed by atoms with Gasteiger partial charge in [-0.05, 0) is 119 Å². The Labute approximate surface area is 338 Å². The van der Waals surface area contributed by atoms with E-state index in [1.807, 2.05) is 80.6 Å². The Kier molecular flexibility index (Phi) is 8.97. The molecule has 0 saturated carbocycles. The summed E-state index contributed by atoms with van der Waals surface area (Å²) < 4.78 is 11.3. The molecule has 2 aliphatic heterocycles. The highest BCUT2D eigenvalue weighted by molar-refractivity contribution is 6.37. The molecule has 0 saturated heterocycles. The Morgan fingerprint density at radius 1 is 0.458 bits per heavy atom. The van der Waals surface area contributed by atoms with Crippen LogP contribution in [0.2, 0.25) is 0 Å². The van der Waals surface area contributed by atoms with E-state index in [1.54, 1.807) is 31.2 Å². The molecule has 0 N–H and O–H groups in total. The Morgan fingerprint density at radius 3 is 1.25 bits per heavy atom. The van der Waals surface area contributed by atoms with Crippen molar-refractivity contribution in [1.82, 2.24) is 0 Å². The van der Waals surface area contributed by atoms with E-state index >= 15 is 0 Å². The minimum absolute atomic E-state index is 0.0226. The number of aryl methyl sites for hydroxylation is 2. The van der Waals surface area contributed by atoms with Crippen molar-refractivity contribution in [2.75, 3.05) is 9.80 Å². The summed E-state index contributed by atoms with van der Waals surface area (Å²) in [5.74, 6) is -3.26. The van der Waals surface area contributed by atoms with Gasteiger partial charge in [0.2, 0.25) is 0 Å². The number of benzene rings is 7. The van der Waals surface area contributed by atoms with Crippen LogP contribution in [0.1, 0.15) is 92.7 Å². The number of hydrogen-bond donors (Lipinski definition) is 0. The van der Waals surface area contributed by atoms with E-state index in [2.05, 4.69) is 0 Å². The van der Waals surface area contributed by atoms with Gasteiger partial charge in [-0.3, -0.25) is 19.2 Å². The third kappa shape index (κ3) is 6.13. The molecule has 0 spiro atoms. The van der Waals surface area contributed by atoms with Crippen LogP contribution in [0.15, 0.2) is 127 Å². The first-order valence-corrected chi connectivity index (χ1v) is 19.2. The lowest BCUT2D eigenvalue weighted by molar-refractivity contribution is 0.0725. The second-order valence-corrected chi connectivity index (χ2v) is 14.4. The van der Waals surface area contributed by atoms with Gasteiger partial charge in [-0.15, -0.1) is 0 Å². The van der Waals surface area contributed by atoms with Crippen molar-refractivity contribution in [2.24, 2.45) is 0 Å². The zero-order valence-electron chi connectivity index (χ0n) is 32.2. The highest BCUT2D eigenvalue weighted by Gasteiger charge is 2.43. The number of fused-ring (bicyclic) bond motifs is 4. The zero-order valence-corrected chi connectivity index (χ0v) is 32.2. The van der Waals surface area contributed by atoms with Crippen LogP contribution >= 0.6 is 0 Å². The minimum atomic E-state index is -0.697. The molecular formula is C49H34N2O8. The first kappa shape index (κ1) is 36.9. The molecule has 0 unspecified atom stereocenters. The molecule has 10 heteroatoms. The molecular weight excluding hydrogens is 745 g/mol. The fourth-order valence-corrected chi connectivity index (χ4v) is 8.04. The molecule has 0 aromatic heterocycles.